The van der Waals surface area contributed by atoms with Crippen molar-refractivity contribution < 1.29 is 9.84 Å². The summed E-state index contributed by atoms with van der Waals surface area (Å²) in [5, 5.41) is 22.7. The van der Waals surface area contributed by atoms with Crippen LogP contribution in [-0.2, 0) is 6.54 Å². The third-order valence-electron chi connectivity index (χ3n) is 3.06. The minimum atomic E-state index is -0.835. The second-order valence-corrected chi connectivity index (χ2v) is 5.39. The molecule has 3 rings (SSSR count). The van der Waals surface area contributed by atoms with Crippen LogP contribution in [0.2, 0.25) is 0 Å². The van der Waals surface area contributed by atoms with Crippen LogP contribution in [-0.4, -0.2) is 20.3 Å². The average molecular weight is 257 g/mol. The van der Waals surface area contributed by atoms with E-state index in [2.05, 4.69) is 4.98 Å². The average Bonchev–Trinajstić information content (AvgIpc) is 2.70. The third-order valence-corrected chi connectivity index (χ3v) is 3.06. The second kappa shape index (κ2) is 3.93. The number of hydrogen-bond donors (Lipinski definition) is 1. The minimum Gasteiger partial charge on any atom is -0.618 e. The van der Waals surface area contributed by atoms with Crippen molar-refractivity contribution in [3.63, 3.8) is 0 Å². The lowest BCUT2D eigenvalue weighted by Gasteiger charge is -2.18. The number of hydrogen-bond acceptors (Lipinski definition) is 3. The third kappa shape index (κ3) is 2.02. The molecular weight excluding hydrogens is 242 g/mol. The molecule has 0 saturated heterocycles. The van der Waals surface area contributed by atoms with Crippen molar-refractivity contribution >= 4 is 21.9 Å². The van der Waals surface area contributed by atoms with Crippen molar-refractivity contribution in [1.82, 2.24) is 9.55 Å². The van der Waals surface area contributed by atoms with Crippen molar-refractivity contribution in [2.75, 3.05) is 0 Å². The maximum atomic E-state index is 11.9. The first-order chi connectivity index (χ1) is 8.96. The van der Waals surface area contributed by atoms with Gasteiger partial charge in [0.2, 0.25) is 11.7 Å². The van der Waals surface area contributed by atoms with E-state index in [-0.39, 0.29) is 0 Å². The molecule has 0 spiro atoms. The molecule has 0 amide bonds. The molecule has 98 valence electrons. The highest BCUT2D eigenvalue weighted by Gasteiger charge is 2.19. The number of pyridine rings is 1. The number of aromatic nitrogens is 3. The molecule has 0 fully saturated rings. The molecule has 1 aromatic carbocycles. The zero-order valence-electron chi connectivity index (χ0n) is 10.9. The summed E-state index contributed by atoms with van der Waals surface area (Å²) >= 11 is 0. The molecule has 5 nitrogen and oxygen atoms in total. The Morgan fingerprint density at radius 2 is 2.11 bits per heavy atom. The Morgan fingerprint density at radius 3 is 2.84 bits per heavy atom. The van der Waals surface area contributed by atoms with Gasteiger partial charge in [-0.2, -0.15) is 4.73 Å². The zero-order chi connectivity index (χ0) is 13.6. The smallest absolute Gasteiger partial charge is 0.226 e. The predicted molar refractivity (Wildman–Crippen MR) is 72.5 cm³/mol. The predicted octanol–water partition coefficient (Wildman–Crippen LogP) is 1.59. The number of rotatable bonds is 2. The Bertz CT molecular complexity index is 756. The summed E-state index contributed by atoms with van der Waals surface area (Å²) in [4.78, 5) is 4.24. The fraction of sp³-hybridized carbons (Fsp3) is 0.286. The Kier molecular flexibility index (Phi) is 2.46. The van der Waals surface area contributed by atoms with Gasteiger partial charge in [-0.1, -0.05) is 12.1 Å². The summed E-state index contributed by atoms with van der Waals surface area (Å²) in [5.74, 6) is 0. The second-order valence-electron chi connectivity index (χ2n) is 5.39. The van der Waals surface area contributed by atoms with E-state index in [1.165, 1.54) is 6.20 Å². The van der Waals surface area contributed by atoms with Crippen LogP contribution in [0, 0.1) is 5.21 Å². The summed E-state index contributed by atoms with van der Waals surface area (Å²) < 4.78 is 2.72. The van der Waals surface area contributed by atoms with Crippen molar-refractivity contribution in [2.45, 2.75) is 26.0 Å². The van der Waals surface area contributed by atoms with Crippen LogP contribution in [0.4, 0.5) is 0 Å². The van der Waals surface area contributed by atoms with Gasteiger partial charge < -0.3 is 14.9 Å². The highest BCUT2D eigenvalue weighted by Crippen LogP contribution is 2.23. The van der Waals surface area contributed by atoms with Crippen LogP contribution < -0.4 is 4.73 Å². The monoisotopic (exact) mass is 257 g/mol. The van der Waals surface area contributed by atoms with Crippen molar-refractivity contribution in [1.29, 1.82) is 0 Å². The van der Waals surface area contributed by atoms with Gasteiger partial charge in [0, 0.05) is 6.07 Å². The van der Waals surface area contributed by atoms with E-state index < -0.39 is 5.60 Å². The van der Waals surface area contributed by atoms with Gasteiger partial charge in [-0.15, -0.1) is 0 Å². The molecule has 0 atom stereocenters. The Balaban J connectivity index is 2.35. The largest absolute Gasteiger partial charge is 0.618 e. The highest BCUT2D eigenvalue weighted by molar-refractivity contribution is 6.00. The van der Waals surface area contributed by atoms with E-state index in [9.17, 15) is 10.3 Å². The van der Waals surface area contributed by atoms with E-state index >= 15 is 0 Å². The number of imidazole rings is 1. The Labute approximate surface area is 110 Å². The molecule has 1 N–H and O–H groups in total. The summed E-state index contributed by atoms with van der Waals surface area (Å²) in [6, 6.07) is 7.40. The summed E-state index contributed by atoms with van der Waals surface area (Å²) in [6.07, 6.45) is 3.13. The molecule has 0 aliphatic carbocycles. The highest BCUT2D eigenvalue weighted by atomic mass is 16.5. The fourth-order valence-corrected chi connectivity index (χ4v) is 2.37. The standard InChI is InChI=1S/C14H15N3O2/c1-14(2,18)8-16-9-15-11-7-17(19)12-6-4-3-5-10(12)13(11)16/h3-7,9,18H,8H2,1-2H3. The van der Waals surface area contributed by atoms with Crippen LogP contribution >= 0.6 is 0 Å². The lowest BCUT2D eigenvalue weighted by Crippen LogP contribution is -2.27. The topological polar surface area (TPSA) is 65.0 Å². The number of nitrogens with zero attached hydrogens (tertiary/aromatic N) is 3. The summed E-state index contributed by atoms with van der Waals surface area (Å²) in [7, 11) is 0. The maximum absolute atomic E-state index is 11.9. The SMILES string of the molecule is CC(C)(O)Cn1cnc2c[n+]([O-])c3ccccc3c21. The van der Waals surface area contributed by atoms with Gasteiger partial charge in [0.1, 0.15) is 0 Å². The van der Waals surface area contributed by atoms with Gasteiger partial charge in [0.05, 0.1) is 29.4 Å². The molecule has 0 aliphatic rings. The van der Waals surface area contributed by atoms with Crippen LogP contribution in [0.5, 0.6) is 0 Å². The van der Waals surface area contributed by atoms with E-state index in [1.54, 1.807) is 26.2 Å². The van der Waals surface area contributed by atoms with Crippen LogP contribution in [0.15, 0.2) is 36.8 Å². The molecular formula is C14H15N3O2. The van der Waals surface area contributed by atoms with E-state index in [0.29, 0.717) is 17.6 Å². The molecule has 2 aromatic heterocycles. The van der Waals surface area contributed by atoms with Gasteiger partial charge in [0.15, 0.2) is 5.52 Å². The number of fused-ring (bicyclic) bond motifs is 3. The van der Waals surface area contributed by atoms with E-state index in [1.807, 2.05) is 22.8 Å². The molecule has 0 saturated carbocycles. The number of para-hydroxylation sites is 1. The van der Waals surface area contributed by atoms with Crippen LogP contribution in [0.1, 0.15) is 13.8 Å². The fourth-order valence-electron chi connectivity index (χ4n) is 2.37. The van der Waals surface area contributed by atoms with Crippen LogP contribution in [0.3, 0.4) is 0 Å². The van der Waals surface area contributed by atoms with E-state index in [0.717, 1.165) is 15.6 Å². The van der Waals surface area contributed by atoms with Crippen LogP contribution in [0.25, 0.3) is 21.9 Å². The first kappa shape index (κ1) is 11.9. The van der Waals surface area contributed by atoms with Gasteiger partial charge in [-0.05, 0) is 19.9 Å². The Hall–Kier alpha value is -2.14. The van der Waals surface area contributed by atoms with Crippen molar-refractivity contribution in [3.05, 3.63) is 42.0 Å². The normalized spacial score (nSPS) is 12.4. The minimum absolute atomic E-state index is 0.427. The maximum Gasteiger partial charge on any atom is 0.226 e. The Morgan fingerprint density at radius 1 is 1.37 bits per heavy atom. The number of benzene rings is 1. The zero-order valence-corrected chi connectivity index (χ0v) is 10.9. The number of aliphatic hydroxyl groups is 1. The summed E-state index contributed by atoms with van der Waals surface area (Å²) in [5.41, 5.74) is 1.29. The lowest BCUT2D eigenvalue weighted by molar-refractivity contribution is -0.575. The van der Waals surface area contributed by atoms with Gasteiger partial charge in [-0.3, -0.25) is 0 Å². The molecule has 2 heterocycles. The van der Waals surface area contributed by atoms with Gasteiger partial charge in [0.25, 0.3) is 0 Å². The van der Waals surface area contributed by atoms with Crippen molar-refractivity contribution in [2.24, 2.45) is 0 Å². The van der Waals surface area contributed by atoms with E-state index in [4.69, 9.17) is 0 Å². The molecule has 19 heavy (non-hydrogen) atoms. The van der Waals surface area contributed by atoms with Gasteiger partial charge >= 0.3 is 0 Å². The molecule has 0 aliphatic heterocycles. The molecule has 0 radical (unpaired) electrons. The molecule has 3 aromatic rings. The summed E-state index contributed by atoms with van der Waals surface area (Å²) in [6.45, 7) is 3.92. The molecule has 0 unspecified atom stereocenters. The quantitative estimate of drug-likeness (QED) is 0.560. The van der Waals surface area contributed by atoms with Gasteiger partial charge in [-0.25, -0.2) is 4.98 Å². The first-order valence-electron chi connectivity index (χ1n) is 6.14. The van der Waals surface area contributed by atoms with Crippen molar-refractivity contribution in [3.8, 4) is 0 Å². The molecule has 0 bridgehead atoms. The lowest BCUT2D eigenvalue weighted by atomic mass is 10.1. The molecule has 5 heteroatoms. The first-order valence-corrected chi connectivity index (χ1v) is 6.14.